The highest BCUT2D eigenvalue weighted by atomic mass is 32.2. The summed E-state index contributed by atoms with van der Waals surface area (Å²) in [5.41, 5.74) is 2.21. The molecule has 2 aromatic rings. The minimum Gasteiger partial charge on any atom is -0.360 e. The number of amides is 1. The molecule has 0 fully saturated rings. The average molecular weight is 330 g/mol. The summed E-state index contributed by atoms with van der Waals surface area (Å²) in [5, 5.41) is 16.0. The zero-order valence-electron chi connectivity index (χ0n) is 13.5. The largest absolute Gasteiger partial charge is 0.360 e. The molecule has 1 amide bonds. The van der Waals surface area contributed by atoms with E-state index < -0.39 is 0 Å². The van der Waals surface area contributed by atoms with E-state index in [9.17, 15) is 10.1 Å². The summed E-state index contributed by atoms with van der Waals surface area (Å²) in [6.45, 7) is 7.42. The van der Waals surface area contributed by atoms with E-state index in [0.717, 1.165) is 11.3 Å². The number of carbonyl (C=O) groups is 1. The Balaban J connectivity index is 2.19. The molecule has 23 heavy (non-hydrogen) atoms. The van der Waals surface area contributed by atoms with Crippen LogP contribution in [0.2, 0.25) is 0 Å². The number of nitriles is 1. The lowest BCUT2D eigenvalue weighted by molar-refractivity contribution is -0.115. The van der Waals surface area contributed by atoms with Gasteiger partial charge in [-0.25, -0.2) is 4.98 Å². The molecule has 2 heterocycles. The first-order chi connectivity index (χ1) is 10.9. The van der Waals surface area contributed by atoms with Crippen LogP contribution in [0.4, 0.5) is 5.82 Å². The Morgan fingerprint density at radius 2 is 2.17 bits per heavy atom. The Morgan fingerprint density at radius 1 is 1.43 bits per heavy atom. The van der Waals surface area contributed by atoms with Gasteiger partial charge in [-0.2, -0.15) is 5.26 Å². The van der Waals surface area contributed by atoms with Gasteiger partial charge in [0.15, 0.2) is 5.82 Å². The summed E-state index contributed by atoms with van der Waals surface area (Å²) < 4.78 is 4.94. The number of thioether (sulfide) groups is 1. The van der Waals surface area contributed by atoms with Crippen molar-refractivity contribution < 1.29 is 9.32 Å². The number of rotatable bonds is 5. The van der Waals surface area contributed by atoms with Gasteiger partial charge in [0.2, 0.25) is 5.91 Å². The number of nitrogens with one attached hydrogen (secondary N) is 1. The molecule has 0 saturated carbocycles. The van der Waals surface area contributed by atoms with Crippen molar-refractivity contribution in [3.05, 3.63) is 34.7 Å². The van der Waals surface area contributed by atoms with Crippen LogP contribution in [0.5, 0.6) is 0 Å². The quantitative estimate of drug-likeness (QED) is 0.845. The van der Waals surface area contributed by atoms with Crippen molar-refractivity contribution >= 4 is 23.5 Å². The number of pyridine rings is 1. The van der Waals surface area contributed by atoms with E-state index in [1.54, 1.807) is 13.0 Å². The lowest BCUT2D eigenvalue weighted by atomic mass is 10.1. The van der Waals surface area contributed by atoms with Gasteiger partial charge in [-0.3, -0.25) is 4.79 Å². The maximum atomic E-state index is 12.4. The molecule has 1 N–H and O–H groups in total. The molecule has 0 aliphatic rings. The highest BCUT2D eigenvalue weighted by Crippen LogP contribution is 2.29. The summed E-state index contributed by atoms with van der Waals surface area (Å²) in [5.74, 6) is 0.833. The lowest BCUT2D eigenvalue weighted by Gasteiger charge is -2.14. The van der Waals surface area contributed by atoms with E-state index in [0.29, 0.717) is 28.6 Å². The SMILES string of the molecule is CC[C@@H](Sc1nc(C)cc(C)c1C#N)C(=O)Nc1cc(C)on1. The lowest BCUT2D eigenvalue weighted by Crippen LogP contribution is -2.25. The van der Waals surface area contributed by atoms with Gasteiger partial charge in [0.25, 0.3) is 0 Å². The number of aryl methyl sites for hydroxylation is 3. The molecule has 0 radical (unpaired) electrons. The zero-order valence-corrected chi connectivity index (χ0v) is 14.3. The van der Waals surface area contributed by atoms with Gasteiger partial charge >= 0.3 is 0 Å². The Morgan fingerprint density at radius 3 is 2.74 bits per heavy atom. The molecular weight excluding hydrogens is 312 g/mol. The molecule has 0 spiro atoms. The van der Waals surface area contributed by atoms with E-state index in [2.05, 4.69) is 21.5 Å². The van der Waals surface area contributed by atoms with Gasteiger partial charge in [0.05, 0.1) is 10.8 Å². The molecule has 0 aliphatic carbocycles. The van der Waals surface area contributed by atoms with Crippen molar-refractivity contribution in [1.82, 2.24) is 10.1 Å². The molecule has 120 valence electrons. The molecule has 0 aromatic carbocycles. The first kappa shape index (κ1) is 17.0. The first-order valence-electron chi connectivity index (χ1n) is 7.23. The Hall–Kier alpha value is -2.33. The van der Waals surface area contributed by atoms with Gasteiger partial charge in [-0.05, 0) is 38.8 Å². The average Bonchev–Trinajstić information content (AvgIpc) is 2.89. The van der Waals surface area contributed by atoms with Gasteiger partial charge < -0.3 is 9.84 Å². The number of nitrogens with zero attached hydrogens (tertiary/aromatic N) is 3. The van der Waals surface area contributed by atoms with Crippen molar-refractivity contribution in [2.45, 2.75) is 44.4 Å². The third-order valence-electron chi connectivity index (χ3n) is 3.22. The molecule has 1 atom stereocenters. The van der Waals surface area contributed by atoms with Crippen molar-refractivity contribution in [3.63, 3.8) is 0 Å². The molecular formula is C16H18N4O2S. The summed E-state index contributed by atoms with van der Waals surface area (Å²) in [6, 6.07) is 5.69. The van der Waals surface area contributed by atoms with Crippen molar-refractivity contribution in [1.29, 1.82) is 5.26 Å². The standard InChI is InChI=1S/C16H18N4O2S/c1-5-13(15(21)19-14-7-11(4)22-20-14)23-16-12(8-17)9(2)6-10(3)18-16/h6-7,13H,5H2,1-4H3,(H,19,20,21)/t13-/m1/s1. The topological polar surface area (TPSA) is 91.8 Å². The van der Waals surface area contributed by atoms with Crippen LogP contribution in [0.25, 0.3) is 0 Å². The van der Waals surface area contributed by atoms with E-state index in [4.69, 9.17) is 4.52 Å². The third kappa shape index (κ3) is 4.11. The van der Waals surface area contributed by atoms with E-state index in [-0.39, 0.29) is 11.2 Å². The first-order valence-corrected chi connectivity index (χ1v) is 8.11. The molecule has 2 rings (SSSR count). The molecule has 0 saturated heterocycles. The molecule has 7 heteroatoms. The van der Waals surface area contributed by atoms with Crippen LogP contribution in [0.1, 0.15) is 35.9 Å². The fourth-order valence-corrected chi connectivity index (χ4v) is 3.24. The normalized spacial score (nSPS) is 11.8. The second-order valence-electron chi connectivity index (χ2n) is 5.20. The summed E-state index contributed by atoms with van der Waals surface area (Å²) in [4.78, 5) is 16.8. The fourth-order valence-electron chi connectivity index (χ4n) is 2.11. The Bertz CT molecular complexity index is 764. The minimum absolute atomic E-state index is 0.185. The smallest absolute Gasteiger partial charge is 0.239 e. The number of anilines is 1. The van der Waals surface area contributed by atoms with E-state index in [1.165, 1.54) is 11.8 Å². The van der Waals surface area contributed by atoms with Crippen molar-refractivity contribution in [2.75, 3.05) is 5.32 Å². The zero-order chi connectivity index (χ0) is 17.0. The number of hydrogen-bond donors (Lipinski definition) is 1. The van der Waals surface area contributed by atoms with Crippen molar-refractivity contribution in [3.8, 4) is 6.07 Å². The molecule has 0 unspecified atom stereocenters. The van der Waals surface area contributed by atoms with Gasteiger partial charge in [-0.15, -0.1) is 0 Å². The number of carbonyl (C=O) groups excluding carboxylic acids is 1. The summed E-state index contributed by atoms with van der Waals surface area (Å²) >= 11 is 1.30. The monoisotopic (exact) mass is 330 g/mol. The van der Waals surface area contributed by atoms with Crippen LogP contribution in [-0.2, 0) is 4.79 Å². The van der Waals surface area contributed by atoms with Gasteiger partial charge in [-0.1, -0.05) is 23.8 Å². The Kier molecular flexibility index (Phi) is 5.40. The van der Waals surface area contributed by atoms with Crippen LogP contribution >= 0.6 is 11.8 Å². The highest BCUT2D eigenvalue weighted by Gasteiger charge is 2.22. The van der Waals surface area contributed by atoms with Crippen LogP contribution < -0.4 is 5.32 Å². The predicted octanol–water partition coefficient (Wildman–Crippen LogP) is 3.38. The molecule has 6 nitrogen and oxygen atoms in total. The maximum absolute atomic E-state index is 12.4. The van der Waals surface area contributed by atoms with Crippen LogP contribution in [0.3, 0.4) is 0 Å². The minimum atomic E-state index is -0.368. The highest BCUT2D eigenvalue weighted by molar-refractivity contribution is 8.00. The molecule has 0 bridgehead atoms. The van der Waals surface area contributed by atoms with Crippen LogP contribution in [0.15, 0.2) is 21.7 Å². The van der Waals surface area contributed by atoms with Gasteiger partial charge in [0, 0.05) is 11.8 Å². The van der Waals surface area contributed by atoms with E-state index >= 15 is 0 Å². The van der Waals surface area contributed by atoms with Crippen LogP contribution in [-0.4, -0.2) is 21.3 Å². The predicted molar refractivity (Wildman–Crippen MR) is 88.2 cm³/mol. The second-order valence-corrected chi connectivity index (χ2v) is 6.39. The number of hydrogen-bond acceptors (Lipinski definition) is 6. The maximum Gasteiger partial charge on any atom is 0.239 e. The molecule has 0 aliphatic heterocycles. The van der Waals surface area contributed by atoms with Crippen molar-refractivity contribution in [2.24, 2.45) is 0 Å². The summed E-state index contributed by atoms with van der Waals surface area (Å²) in [7, 11) is 0. The third-order valence-corrected chi connectivity index (χ3v) is 4.57. The van der Waals surface area contributed by atoms with Crippen LogP contribution in [0, 0.1) is 32.1 Å². The Labute approximate surface area is 139 Å². The second kappa shape index (κ2) is 7.29. The van der Waals surface area contributed by atoms with Gasteiger partial charge in [0.1, 0.15) is 16.9 Å². The fraction of sp³-hybridized carbons (Fsp3) is 0.375. The molecule has 2 aromatic heterocycles. The van der Waals surface area contributed by atoms with E-state index in [1.807, 2.05) is 26.8 Å². The summed E-state index contributed by atoms with van der Waals surface area (Å²) in [6.07, 6.45) is 0.604. The number of aromatic nitrogens is 2.